The lowest BCUT2D eigenvalue weighted by atomic mass is 9.79. The van der Waals surface area contributed by atoms with E-state index in [-0.39, 0.29) is 24.8 Å². The zero-order chi connectivity index (χ0) is 14.8. The van der Waals surface area contributed by atoms with Gasteiger partial charge in [0.1, 0.15) is 0 Å². The Morgan fingerprint density at radius 2 is 2.00 bits per heavy atom. The van der Waals surface area contributed by atoms with Gasteiger partial charge < -0.3 is 10.5 Å². The van der Waals surface area contributed by atoms with Crippen molar-refractivity contribution in [2.24, 2.45) is 17.6 Å². The zero-order valence-electron chi connectivity index (χ0n) is 12.0. The number of rotatable bonds is 5. The molecule has 0 aromatic heterocycles. The number of nitrogens with zero attached hydrogens (tertiary/aromatic N) is 1. The standard InChI is InChI=1S/C13H24N2O4S/c1-2-19-13(16)5-6-20(17,18)15-8-10-3-4-12(14)7-11(10)9-15/h10-12H,2-9,14H2,1H3/t10-,11+,12?/m1/s1. The van der Waals surface area contributed by atoms with Gasteiger partial charge in [0.25, 0.3) is 0 Å². The Bertz CT molecular complexity index is 451. The van der Waals surface area contributed by atoms with Gasteiger partial charge in [-0.2, -0.15) is 0 Å². The molecule has 0 bridgehead atoms. The van der Waals surface area contributed by atoms with E-state index in [1.54, 1.807) is 11.2 Å². The summed E-state index contributed by atoms with van der Waals surface area (Å²) in [4.78, 5) is 11.3. The third-order valence-electron chi connectivity index (χ3n) is 4.32. The number of sulfonamides is 1. The van der Waals surface area contributed by atoms with E-state index in [0.717, 1.165) is 19.3 Å². The molecule has 1 unspecified atom stereocenters. The topological polar surface area (TPSA) is 89.7 Å². The summed E-state index contributed by atoms with van der Waals surface area (Å²) < 4.78 is 30.8. The second-order valence-corrected chi connectivity index (χ2v) is 7.87. The third kappa shape index (κ3) is 3.71. The van der Waals surface area contributed by atoms with Crippen molar-refractivity contribution < 1.29 is 17.9 Å². The van der Waals surface area contributed by atoms with Gasteiger partial charge in [0.15, 0.2) is 0 Å². The number of fused-ring (bicyclic) bond motifs is 1. The summed E-state index contributed by atoms with van der Waals surface area (Å²) in [6.07, 6.45) is 2.84. The monoisotopic (exact) mass is 304 g/mol. The lowest BCUT2D eigenvalue weighted by Gasteiger charge is -2.28. The molecule has 0 amide bonds. The molecule has 2 rings (SSSR count). The van der Waals surface area contributed by atoms with Crippen molar-refractivity contribution in [2.75, 3.05) is 25.4 Å². The molecule has 2 aliphatic rings. The summed E-state index contributed by atoms with van der Waals surface area (Å²) in [5, 5.41) is 0. The van der Waals surface area contributed by atoms with E-state index < -0.39 is 16.0 Å². The SMILES string of the molecule is CCOC(=O)CCS(=O)(=O)N1C[C@H]2CCC(N)C[C@H]2C1. The average molecular weight is 304 g/mol. The molecule has 1 saturated carbocycles. The number of carbonyl (C=O) groups is 1. The van der Waals surface area contributed by atoms with Crippen LogP contribution in [0.3, 0.4) is 0 Å². The maximum atomic E-state index is 12.3. The molecular weight excluding hydrogens is 280 g/mol. The minimum atomic E-state index is -3.36. The molecule has 116 valence electrons. The lowest BCUT2D eigenvalue weighted by Crippen LogP contribution is -2.33. The van der Waals surface area contributed by atoms with Crippen LogP contribution in [0.1, 0.15) is 32.6 Å². The van der Waals surface area contributed by atoms with Crippen LogP contribution in [-0.2, 0) is 19.6 Å². The fraction of sp³-hybridized carbons (Fsp3) is 0.923. The minimum Gasteiger partial charge on any atom is -0.466 e. The van der Waals surface area contributed by atoms with E-state index in [1.807, 2.05) is 0 Å². The van der Waals surface area contributed by atoms with Gasteiger partial charge in [-0.1, -0.05) is 0 Å². The first-order valence-electron chi connectivity index (χ1n) is 7.31. The highest BCUT2D eigenvalue weighted by Crippen LogP contribution is 2.36. The summed E-state index contributed by atoms with van der Waals surface area (Å²) in [5.74, 6) is 0.218. The quantitative estimate of drug-likeness (QED) is 0.739. The molecular formula is C13H24N2O4S. The minimum absolute atomic E-state index is 0.0679. The Kier molecular flexibility index (Phi) is 5.04. The molecule has 1 saturated heterocycles. The lowest BCUT2D eigenvalue weighted by molar-refractivity contribution is -0.142. The molecule has 0 radical (unpaired) electrons. The molecule has 6 nitrogen and oxygen atoms in total. The normalized spacial score (nSPS) is 31.0. The van der Waals surface area contributed by atoms with Gasteiger partial charge in [-0.25, -0.2) is 12.7 Å². The van der Waals surface area contributed by atoms with Gasteiger partial charge >= 0.3 is 5.97 Å². The Balaban J connectivity index is 1.89. The van der Waals surface area contributed by atoms with Crippen molar-refractivity contribution in [2.45, 2.75) is 38.6 Å². The Morgan fingerprint density at radius 3 is 2.70 bits per heavy atom. The summed E-state index contributed by atoms with van der Waals surface area (Å²) in [5.41, 5.74) is 5.95. The van der Waals surface area contributed by atoms with Crippen molar-refractivity contribution in [3.8, 4) is 0 Å². The summed E-state index contributed by atoms with van der Waals surface area (Å²) in [6, 6.07) is 0.207. The van der Waals surface area contributed by atoms with Gasteiger partial charge in [-0.15, -0.1) is 0 Å². The molecule has 2 N–H and O–H groups in total. The van der Waals surface area contributed by atoms with Gasteiger partial charge in [-0.3, -0.25) is 4.79 Å². The van der Waals surface area contributed by atoms with E-state index in [1.165, 1.54) is 0 Å². The van der Waals surface area contributed by atoms with Gasteiger partial charge in [-0.05, 0) is 38.0 Å². The third-order valence-corrected chi connectivity index (χ3v) is 6.12. The number of hydrogen-bond acceptors (Lipinski definition) is 5. The van der Waals surface area contributed by atoms with Crippen molar-refractivity contribution in [3.05, 3.63) is 0 Å². The van der Waals surface area contributed by atoms with Crippen LogP contribution in [0, 0.1) is 11.8 Å². The number of esters is 1. The highest BCUT2D eigenvalue weighted by atomic mass is 32.2. The molecule has 7 heteroatoms. The van der Waals surface area contributed by atoms with Crippen LogP contribution in [0.5, 0.6) is 0 Å². The molecule has 1 heterocycles. The van der Waals surface area contributed by atoms with Gasteiger partial charge in [0.05, 0.1) is 18.8 Å². The number of hydrogen-bond donors (Lipinski definition) is 1. The van der Waals surface area contributed by atoms with Crippen molar-refractivity contribution in [1.82, 2.24) is 4.31 Å². The van der Waals surface area contributed by atoms with Gasteiger partial charge in [0.2, 0.25) is 10.0 Å². The predicted octanol–water partition coefficient (Wildman–Crippen LogP) is 0.329. The van der Waals surface area contributed by atoms with Crippen LogP contribution < -0.4 is 5.73 Å². The van der Waals surface area contributed by atoms with E-state index in [2.05, 4.69) is 0 Å². The molecule has 1 aliphatic heterocycles. The maximum absolute atomic E-state index is 12.3. The van der Waals surface area contributed by atoms with E-state index in [0.29, 0.717) is 24.9 Å². The van der Waals surface area contributed by atoms with Crippen LogP contribution in [-0.4, -0.2) is 50.2 Å². The second-order valence-electron chi connectivity index (χ2n) is 5.78. The Morgan fingerprint density at radius 1 is 1.30 bits per heavy atom. The molecule has 3 atom stereocenters. The molecule has 0 aromatic rings. The van der Waals surface area contributed by atoms with Crippen LogP contribution >= 0.6 is 0 Å². The zero-order valence-corrected chi connectivity index (χ0v) is 12.8. The first-order chi connectivity index (χ1) is 9.42. The maximum Gasteiger partial charge on any atom is 0.306 e. The number of nitrogens with two attached hydrogens (primary N) is 1. The first-order valence-corrected chi connectivity index (χ1v) is 8.92. The van der Waals surface area contributed by atoms with E-state index in [4.69, 9.17) is 10.5 Å². The summed E-state index contributed by atoms with van der Waals surface area (Å²) in [7, 11) is -3.36. The van der Waals surface area contributed by atoms with Gasteiger partial charge in [0, 0.05) is 19.1 Å². The van der Waals surface area contributed by atoms with Crippen LogP contribution in [0.15, 0.2) is 0 Å². The van der Waals surface area contributed by atoms with Crippen LogP contribution in [0.2, 0.25) is 0 Å². The average Bonchev–Trinajstić information content (AvgIpc) is 2.80. The summed E-state index contributed by atoms with van der Waals surface area (Å²) in [6.45, 7) is 3.14. The van der Waals surface area contributed by atoms with Crippen molar-refractivity contribution in [1.29, 1.82) is 0 Å². The fourth-order valence-electron chi connectivity index (χ4n) is 3.23. The molecule has 1 aliphatic carbocycles. The van der Waals surface area contributed by atoms with Crippen LogP contribution in [0.4, 0.5) is 0 Å². The number of ether oxygens (including phenoxy) is 1. The molecule has 0 aromatic carbocycles. The second kappa shape index (κ2) is 6.41. The first kappa shape index (κ1) is 15.7. The fourth-order valence-corrected chi connectivity index (χ4v) is 4.75. The highest BCUT2D eigenvalue weighted by molar-refractivity contribution is 7.89. The van der Waals surface area contributed by atoms with Crippen molar-refractivity contribution in [3.63, 3.8) is 0 Å². The van der Waals surface area contributed by atoms with E-state index >= 15 is 0 Å². The van der Waals surface area contributed by atoms with Crippen LogP contribution in [0.25, 0.3) is 0 Å². The summed E-state index contributed by atoms with van der Waals surface area (Å²) >= 11 is 0. The molecule has 0 spiro atoms. The molecule has 20 heavy (non-hydrogen) atoms. The van der Waals surface area contributed by atoms with E-state index in [9.17, 15) is 13.2 Å². The largest absolute Gasteiger partial charge is 0.466 e. The Hall–Kier alpha value is -0.660. The van der Waals surface area contributed by atoms with Crippen molar-refractivity contribution >= 4 is 16.0 Å². The smallest absolute Gasteiger partial charge is 0.306 e. The highest BCUT2D eigenvalue weighted by Gasteiger charge is 2.41. The predicted molar refractivity (Wildman–Crippen MR) is 75.4 cm³/mol. The number of carbonyl (C=O) groups excluding carboxylic acids is 1. The molecule has 2 fully saturated rings. The Labute approximate surface area is 120 Å².